The fourth-order valence-corrected chi connectivity index (χ4v) is 4.61. The fourth-order valence-electron chi connectivity index (χ4n) is 2.49. The van der Waals surface area contributed by atoms with E-state index in [4.69, 9.17) is 0 Å². The number of hydrogen-bond acceptors (Lipinski definition) is 3. The van der Waals surface area contributed by atoms with Crippen molar-refractivity contribution in [3.05, 3.63) is 30.3 Å². The van der Waals surface area contributed by atoms with Crippen molar-refractivity contribution in [2.45, 2.75) is 36.3 Å². The molecule has 1 aromatic rings. The van der Waals surface area contributed by atoms with Crippen molar-refractivity contribution in [1.82, 2.24) is 0 Å². The van der Waals surface area contributed by atoms with E-state index in [1.54, 1.807) is 30.3 Å². The quantitative estimate of drug-likeness (QED) is 0.828. The van der Waals surface area contributed by atoms with Crippen LogP contribution in [0.5, 0.6) is 0 Å². The van der Waals surface area contributed by atoms with Crippen LogP contribution in [0.3, 0.4) is 0 Å². The Morgan fingerprint density at radius 1 is 1.24 bits per heavy atom. The summed E-state index contributed by atoms with van der Waals surface area (Å²) < 4.78 is 24.8. The summed E-state index contributed by atoms with van der Waals surface area (Å²) in [5, 5.41) is -0.824. The van der Waals surface area contributed by atoms with Crippen LogP contribution in [0.1, 0.15) is 26.2 Å². The van der Waals surface area contributed by atoms with Gasteiger partial charge in [-0.05, 0) is 24.5 Å². The summed E-state index contributed by atoms with van der Waals surface area (Å²) >= 11 is 0. The zero-order chi connectivity index (χ0) is 12.5. The van der Waals surface area contributed by atoms with Crippen LogP contribution in [0.25, 0.3) is 0 Å². The molecule has 1 aromatic carbocycles. The summed E-state index contributed by atoms with van der Waals surface area (Å²) in [6.45, 7) is 1.94. The Bertz CT molecular complexity index is 505. The number of hydrogen-bond donors (Lipinski definition) is 0. The first kappa shape index (κ1) is 12.3. The molecule has 0 spiro atoms. The van der Waals surface area contributed by atoms with Gasteiger partial charge in [0.15, 0.2) is 15.6 Å². The van der Waals surface area contributed by atoms with E-state index in [9.17, 15) is 13.2 Å². The summed E-state index contributed by atoms with van der Waals surface area (Å²) in [4.78, 5) is 12.0. The summed E-state index contributed by atoms with van der Waals surface area (Å²) in [6, 6.07) is 8.27. The smallest absolute Gasteiger partial charge is 0.188 e. The summed E-state index contributed by atoms with van der Waals surface area (Å²) in [6.07, 6.45) is 1.84. The molecule has 17 heavy (non-hydrogen) atoms. The molecule has 0 amide bonds. The van der Waals surface area contributed by atoms with Gasteiger partial charge in [0.25, 0.3) is 0 Å². The van der Waals surface area contributed by atoms with Crippen LogP contribution in [0, 0.1) is 5.92 Å². The Morgan fingerprint density at radius 2 is 1.88 bits per heavy atom. The van der Waals surface area contributed by atoms with Crippen molar-refractivity contribution in [1.29, 1.82) is 0 Å². The van der Waals surface area contributed by atoms with Gasteiger partial charge < -0.3 is 0 Å². The minimum Gasteiger partial charge on any atom is -0.298 e. The minimum absolute atomic E-state index is 0.0206. The van der Waals surface area contributed by atoms with E-state index in [0.717, 1.165) is 6.42 Å². The second-order valence-corrected chi connectivity index (χ2v) is 6.52. The third-order valence-corrected chi connectivity index (χ3v) is 5.68. The average Bonchev–Trinajstić information content (AvgIpc) is 2.72. The standard InChI is InChI=1S/C13H16O3S/c1-2-10-8-9-12(14)13(10)17(15,16)11-6-4-3-5-7-11/h3-7,10,13H,2,8-9H2,1H3/t10-,13+/m1/s1. The van der Waals surface area contributed by atoms with Crippen molar-refractivity contribution in [2.75, 3.05) is 0 Å². The van der Waals surface area contributed by atoms with Gasteiger partial charge in [0.2, 0.25) is 0 Å². The molecule has 0 unspecified atom stereocenters. The molecule has 1 aliphatic rings. The molecule has 0 heterocycles. The first-order chi connectivity index (χ1) is 8.07. The highest BCUT2D eigenvalue weighted by atomic mass is 32.2. The number of ketones is 1. The third-order valence-electron chi connectivity index (χ3n) is 3.44. The van der Waals surface area contributed by atoms with Gasteiger partial charge in [0.1, 0.15) is 5.25 Å². The van der Waals surface area contributed by atoms with E-state index in [1.165, 1.54) is 0 Å². The second kappa shape index (κ2) is 4.61. The predicted molar refractivity (Wildman–Crippen MR) is 65.4 cm³/mol. The molecule has 2 rings (SSSR count). The topological polar surface area (TPSA) is 51.2 Å². The Morgan fingerprint density at radius 3 is 2.47 bits per heavy atom. The van der Waals surface area contributed by atoms with E-state index in [1.807, 2.05) is 6.92 Å². The number of rotatable bonds is 3. The van der Waals surface area contributed by atoms with Crippen LogP contribution in [-0.2, 0) is 14.6 Å². The average molecular weight is 252 g/mol. The van der Waals surface area contributed by atoms with Crippen LogP contribution in [0.15, 0.2) is 35.2 Å². The maximum atomic E-state index is 12.4. The van der Waals surface area contributed by atoms with Gasteiger partial charge in [-0.25, -0.2) is 8.42 Å². The van der Waals surface area contributed by atoms with E-state index in [0.29, 0.717) is 12.8 Å². The lowest BCUT2D eigenvalue weighted by atomic mass is 10.1. The van der Waals surface area contributed by atoms with Crippen LogP contribution in [0.2, 0.25) is 0 Å². The zero-order valence-corrected chi connectivity index (χ0v) is 10.6. The van der Waals surface area contributed by atoms with Crippen molar-refractivity contribution in [2.24, 2.45) is 5.92 Å². The van der Waals surface area contributed by atoms with Gasteiger partial charge in [-0.3, -0.25) is 4.79 Å². The van der Waals surface area contributed by atoms with E-state index >= 15 is 0 Å². The van der Waals surface area contributed by atoms with E-state index in [2.05, 4.69) is 0 Å². The highest BCUT2D eigenvalue weighted by Gasteiger charge is 2.43. The van der Waals surface area contributed by atoms with Gasteiger partial charge in [0, 0.05) is 6.42 Å². The molecule has 1 saturated carbocycles. The highest BCUT2D eigenvalue weighted by Crippen LogP contribution is 2.33. The van der Waals surface area contributed by atoms with Gasteiger partial charge in [0.05, 0.1) is 4.90 Å². The number of sulfone groups is 1. The highest BCUT2D eigenvalue weighted by molar-refractivity contribution is 7.92. The molecule has 0 aromatic heterocycles. The van der Waals surface area contributed by atoms with Gasteiger partial charge in [-0.15, -0.1) is 0 Å². The number of carbonyl (C=O) groups is 1. The molecule has 92 valence electrons. The summed E-state index contributed by atoms with van der Waals surface area (Å²) in [5.74, 6) is -0.145. The van der Waals surface area contributed by atoms with Gasteiger partial charge in [-0.2, -0.15) is 0 Å². The molecule has 0 N–H and O–H groups in total. The lowest BCUT2D eigenvalue weighted by Crippen LogP contribution is -2.31. The Hall–Kier alpha value is -1.16. The summed E-state index contributed by atoms with van der Waals surface area (Å²) in [5.41, 5.74) is 0. The number of carbonyl (C=O) groups excluding carboxylic acids is 1. The summed E-state index contributed by atoms with van der Waals surface area (Å²) in [7, 11) is -3.50. The zero-order valence-electron chi connectivity index (χ0n) is 9.80. The van der Waals surface area contributed by atoms with Crippen LogP contribution < -0.4 is 0 Å². The molecule has 0 bridgehead atoms. The molecule has 1 fully saturated rings. The van der Waals surface area contributed by atoms with Crippen LogP contribution >= 0.6 is 0 Å². The largest absolute Gasteiger partial charge is 0.298 e. The van der Waals surface area contributed by atoms with E-state index in [-0.39, 0.29) is 16.6 Å². The Labute approximate surface area is 102 Å². The molecule has 2 atom stereocenters. The SMILES string of the molecule is CC[C@@H]1CCC(=O)[C@H]1S(=O)(=O)c1ccccc1. The lowest BCUT2D eigenvalue weighted by Gasteiger charge is -2.17. The molecular formula is C13H16O3S. The normalized spacial score (nSPS) is 25.1. The second-order valence-electron chi connectivity index (χ2n) is 4.45. The lowest BCUT2D eigenvalue weighted by molar-refractivity contribution is -0.117. The molecular weight excluding hydrogens is 236 g/mol. The monoisotopic (exact) mass is 252 g/mol. The third kappa shape index (κ3) is 2.14. The molecule has 1 aliphatic carbocycles. The van der Waals surface area contributed by atoms with E-state index < -0.39 is 15.1 Å². The number of benzene rings is 1. The van der Waals surface area contributed by atoms with Gasteiger partial charge >= 0.3 is 0 Å². The van der Waals surface area contributed by atoms with Crippen LogP contribution in [0.4, 0.5) is 0 Å². The van der Waals surface area contributed by atoms with Gasteiger partial charge in [-0.1, -0.05) is 31.5 Å². The maximum Gasteiger partial charge on any atom is 0.188 e. The molecule has 0 saturated heterocycles. The van der Waals surface area contributed by atoms with Crippen molar-refractivity contribution in [3.8, 4) is 0 Å². The van der Waals surface area contributed by atoms with Crippen LogP contribution in [-0.4, -0.2) is 19.5 Å². The predicted octanol–water partition coefficient (Wildman–Crippen LogP) is 2.22. The Balaban J connectivity index is 2.42. The number of Topliss-reactive ketones (excluding diaryl/α,β-unsaturated/α-hetero) is 1. The van der Waals surface area contributed by atoms with Crippen molar-refractivity contribution in [3.63, 3.8) is 0 Å². The molecule has 0 radical (unpaired) electrons. The molecule has 3 nitrogen and oxygen atoms in total. The molecule has 0 aliphatic heterocycles. The Kier molecular flexibility index (Phi) is 3.33. The van der Waals surface area contributed by atoms with Crippen molar-refractivity contribution < 1.29 is 13.2 Å². The first-order valence-corrected chi connectivity index (χ1v) is 7.43. The maximum absolute atomic E-state index is 12.4. The fraction of sp³-hybridized carbons (Fsp3) is 0.462. The first-order valence-electron chi connectivity index (χ1n) is 5.89. The molecule has 4 heteroatoms. The minimum atomic E-state index is -3.50. The van der Waals surface area contributed by atoms with Crippen molar-refractivity contribution >= 4 is 15.6 Å².